The Morgan fingerprint density at radius 1 is 0.280 bits per heavy atom. The number of hydrogen-bond donors (Lipinski definition) is 0. The van der Waals surface area contributed by atoms with Gasteiger partial charge in [0.25, 0.3) is 0 Å². The summed E-state index contributed by atoms with van der Waals surface area (Å²) in [5, 5.41) is 4.53. The first-order valence-electron chi connectivity index (χ1n) is 28.4. The molecule has 0 atom stereocenters. The summed E-state index contributed by atoms with van der Waals surface area (Å²) >= 11 is 44.9. The van der Waals surface area contributed by atoms with Crippen molar-refractivity contribution < 1.29 is 0 Å². The van der Waals surface area contributed by atoms with Crippen molar-refractivity contribution in [2.24, 2.45) is 0 Å². The van der Waals surface area contributed by atoms with Gasteiger partial charge >= 0.3 is 0 Å². The summed E-state index contributed by atoms with van der Waals surface area (Å²) in [5.41, 5.74) is 21.0. The van der Waals surface area contributed by atoms with Crippen LogP contribution in [0.25, 0.3) is 66.8 Å². The molecular formula is C69H72Cl6. The van der Waals surface area contributed by atoms with E-state index in [1.54, 1.807) is 0 Å². The maximum atomic E-state index is 7.93. The minimum absolute atomic E-state index is 0.304. The third-order valence-corrected chi connectivity index (χ3v) is 19.5. The van der Waals surface area contributed by atoms with Crippen LogP contribution in [-0.2, 0) is 16.2 Å². The second kappa shape index (κ2) is 22.6. The Balaban J connectivity index is 1.36. The van der Waals surface area contributed by atoms with Gasteiger partial charge in [0, 0.05) is 63.1 Å². The highest BCUT2D eigenvalue weighted by molar-refractivity contribution is 6.36. The topological polar surface area (TPSA) is 0 Å². The first-order valence-corrected chi connectivity index (χ1v) is 30.7. The molecule has 0 unspecified atom stereocenters. The predicted molar refractivity (Wildman–Crippen MR) is 329 cm³/mol. The fraction of sp³-hybridized carbons (Fsp3) is 0.391. The van der Waals surface area contributed by atoms with Crippen LogP contribution in [0.5, 0.6) is 0 Å². The molecule has 0 N–H and O–H groups in total. The van der Waals surface area contributed by atoms with E-state index in [2.05, 4.69) is 151 Å². The quantitative estimate of drug-likeness (QED) is 0.0673. The van der Waals surface area contributed by atoms with E-state index < -0.39 is 0 Å². The summed E-state index contributed by atoms with van der Waals surface area (Å²) in [7, 11) is 0. The molecule has 0 heterocycles. The fourth-order valence-corrected chi connectivity index (χ4v) is 15.8. The highest BCUT2D eigenvalue weighted by Gasteiger charge is 2.48. The van der Waals surface area contributed by atoms with E-state index >= 15 is 0 Å². The van der Waals surface area contributed by atoms with E-state index in [4.69, 9.17) is 69.6 Å². The number of unbranched alkanes of at least 4 members (excludes halogenated alkanes) is 6. The zero-order chi connectivity index (χ0) is 52.8. The first kappa shape index (κ1) is 54.6. The van der Waals surface area contributed by atoms with Crippen LogP contribution in [0.4, 0.5) is 0 Å². The van der Waals surface area contributed by atoms with E-state index in [0.717, 1.165) is 179 Å². The van der Waals surface area contributed by atoms with E-state index in [1.807, 2.05) is 0 Å². The summed E-state index contributed by atoms with van der Waals surface area (Å²) < 4.78 is 0. The van der Waals surface area contributed by atoms with Crippen molar-refractivity contribution in [2.45, 2.75) is 173 Å². The van der Waals surface area contributed by atoms with Crippen molar-refractivity contribution in [3.63, 3.8) is 0 Å². The number of hydrogen-bond acceptors (Lipinski definition) is 0. The predicted octanol–water partition coefficient (Wildman–Crippen LogP) is 24.5. The molecule has 3 aliphatic carbocycles. The molecule has 0 bridgehead atoms. The van der Waals surface area contributed by atoms with Crippen molar-refractivity contribution in [3.8, 4) is 66.8 Å². The fourth-order valence-electron chi connectivity index (χ4n) is 14.5. The van der Waals surface area contributed by atoms with Crippen molar-refractivity contribution in [1.82, 2.24) is 0 Å². The first-order chi connectivity index (χ1) is 36.4. The molecule has 10 rings (SSSR count). The van der Waals surface area contributed by atoms with Gasteiger partial charge in [0.2, 0.25) is 0 Å². The highest BCUT2D eigenvalue weighted by Crippen LogP contribution is 2.63. The second-order valence-electron chi connectivity index (χ2n) is 22.3. The lowest BCUT2D eigenvalue weighted by atomic mass is 9.67. The number of rotatable bonds is 21. The van der Waals surface area contributed by atoms with Gasteiger partial charge in [-0.1, -0.05) is 225 Å². The van der Waals surface area contributed by atoms with E-state index in [0.29, 0.717) is 0 Å². The third kappa shape index (κ3) is 9.24. The minimum atomic E-state index is -0.304. The Labute approximate surface area is 478 Å². The van der Waals surface area contributed by atoms with Crippen LogP contribution in [0.3, 0.4) is 0 Å². The number of halogens is 6. The SMILES string of the molecule is CCCCC1(CCCC)c2cc(Cl)ccc2-c2ccc(Cl)c(-c3cc(-c4c(Cl)ccc5c4C(CCCC)(CCCC)c4cc(Cl)ccc4-5)cc(-c4c(Cl)ccc5c4C(CCCC)(CCCC)c4cc(Cl)ccc4-5)c3)c21. The standard InChI is InChI=1S/C69H72Cl6/c1-7-13-31-67(32-14-8-2)55-40-46(70)19-22-49(55)52-25-28-58(73)61(64(52)67)43-37-44(62-59(74)29-26-53-50-23-20-47(71)41-56(50)68(65(53)62,33-15-9-3)34-16-10-4)39-45(38-43)63-60(75)30-27-54-51-24-21-48(72)42-57(51)69(66(54)63,35-17-11-5)36-18-12-6/h19-30,37-42H,7-18,31-36H2,1-6H3. The van der Waals surface area contributed by atoms with E-state index in [-0.39, 0.29) is 16.2 Å². The van der Waals surface area contributed by atoms with Crippen molar-refractivity contribution in [2.75, 3.05) is 0 Å². The molecule has 0 aromatic heterocycles. The molecule has 0 spiro atoms. The van der Waals surface area contributed by atoms with Crippen molar-refractivity contribution in [1.29, 1.82) is 0 Å². The molecule has 0 radical (unpaired) electrons. The zero-order valence-corrected chi connectivity index (χ0v) is 49.4. The van der Waals surface area contributed by atoms with Gasteiger partial charge in [-0.15, -0.1) is 0 Å². The number of benzene rings is 7. The Morgan fingerprint density at radius 3 is 0.733 bits per heavy atom. The van der Waals surface area contributed by atoms with Crippen LogP contribution in [0.15, 0.2) is 109 Å². The molecule has 0 fully saturated rings. The third-order valence-electron chi connectivity index (χ3n) is 17.8. The van der Waals surface area contributed by atoms with Crippen LogP contribution < -0.4 is 0 Å². The van der Waals surface area contributed by atoms with Gasteiger partial charge in [0.15, 0.2) is 0 Å². The molecule has 7 aromatic rings. The second-order valence-corrected chi connectivity index (χ2v) is 24.8. The van der Waals surface area contributed by atoms with Crippen LogP contribution in [0.2, 0.25) is 30.1 Å². The molecular weight excluding hydrogens is 1040 g/mol. The molecule has 390 valence electrons. The maximum Gasteiger partial charge on any atom is 0.0487 e. The van der Waals surface area contributed by atoms with Gasteiger partial charge < -0.3 is 0 Å². The summed E-state index contributed by atoms with van der Waals surface area (Å²) in [5.74, 6) is 0. The van der Waals surface area contributed by atoms with Crippen molar-refractivity contribution >= 4 is 69.6 Å². The molecule has 0 aliphatic heterocycles. The molecule has 75 heavy (non-hydrogen) atoms. The Morgan fingerprint density at radius 2 is 0.507 bits per heavy atom. The molecule has 0 amide bonds. The van der Waals surface area contributed by atoms with Crippen LogP contribution in [0.1, 0.15) is 190 Å². The van der Waals surface area contributed by atoms with E-state index in [9.17, 15) is 0 Å². The monoisotopic (exact) mass is 1110 g/mol. The van der Waals surface area contributed by atoms with Crippen LogP contribution >= 0.6 is 69.6 Å². The summed E-state index contributed by atoms with van der Waals surface area (Å²) in [6, 6.07) is 40.2. The normalized spacial score (nSPS) is 14.9. The van der Waals surface area contributed by atoms with Gasteiger partial charge in [-0.3, -0.25) is 0 Å². The smallest absolute Gasteiger partial charge is 0.0487 e. The maximum absolute atomic E-state index is 7.93. The average molecular weight is 1110 g/mol. The average Bonchev–Trinajstić information content (AvgIpc) is 3.94. The van der Waals surface area contributed by atoms with Gasteiger partial charge in [-0.2, -0.15) is 0 Å². The van der Waals surface area contributed by atoms with Crippen molar-refractivity contribution in [3.05, 3.63) is 173 Å². The lowest BCUT2D eigenvalue weighted by Crippen LogP contribution is -2.27. The molecule has 6 heteroatoms. The zero-order valence-electron chi connectivity index (χ0n) is 44.9. The lowest BCUT2D eigenvalue weighted by molar-refractivity contribution is 0.415. The Kier molecular flexibility index (Phi) is 16.4. The Bertz CT molecular complexity index is 2900. The summed E-state index contributed by atoms with van der Waals surface area (Å²) in [6.07, 6.45) is 18.9. The van der Waals surface area contributed by atoms with E-state index in [1.165, 1.54) is 66.8 Å². The largest absolute Gasteiger partial charge is 0.0843 e. The molecule has 0 saturated carbocycles. The van der Waals surface area contributed by atoms with Crippen LogP contribution in [0, 0.1) is 0 Å². The van der Waals surface area contributed by atoms with Gasteiger partial charge in [-0.25, -0.2) is 0 Å². The van der Waals surface area contributed by atoms with Gasteiger partial charge in [0.05, 0.1) is 0 Å². The van der Waals surface area contributed by atoms with Crippen LogP contribution in [-0.4, -0.2) is 0 Å². The lowest BCUT2D eigenvalue weighted by Gasteiger charge is -2.36. The molecule has 7 aromatic carbocycles. The molecule has 0 nitrogen and oxygen atoms in total. The minimum Gasteiger partial charge on any atom is -0.0843 e. The summed E-state index contributed by atoms with van der Waals surface area (Å²) in [6.45, 7) is 13.8. The highest BCUT2D eigenvalue weighted by atomic mass is 35.5. The molecule has 3 aliphatic rings. The molecule has 0 saturated heterocycles. The van der Waals surface area contributed by atoms with Gasteiger partial charge in [0.1, 0.15) is 0 Å². The number of fused-ring (bicyclic) bond motifs is 9. The Hall–Kier alpha value is -3.72. The van der Waals surface area contributed by atoms with Gasteiger partial charge in [-0.05, 0) is 195 Å². The summed E-state index contributed by atoms with van der Waals surface area (Å²) in [4.78, 5) is 0.